The molecule has 0 aliphatic heterocycles. The molecule has 0 aliphatic carbocycles. The summed E-state index contributed by atoms with van der Waals surface area (Å²) in [5.74, 6) is 0. The monoisotopic (exact) mass is 330 g/mol. The third-order valence-electron chi connectivity index (χ3n) is 3.39. The van der Waals surface area contributed by atoms with E-state index in [4.69, 9.17) is 0 Å². The third kappa shape index (κ3) is 2.93. The SMILES string of the molecule is Cc1ccc2sc(SNc3ccc([N+](=O)[O-])cc3)c(C)c2c1. The number of nitrogens with one attached hydrogen (secondary N) is 1. The predicted octanol–water partition coefficient (Wildman–Crippen LogP) is 5.55. The summed E-state index contributed by atoms with van der Waals surface area (Å²) in [6, 6.07) is 12.9. The molecule has 3 aromatic rings. The molecule has 1 aromatic heterocycles. The fraction of sp³-hybridized carbons (Fsp3) is 0.125. The van der Waals surface area contributed by atoms with Crippen molar-refractivity contribution in [1.29, 1.82) is 0 Å². The van der Waals surface area contributed by atoms with Gasteiger partial charge in [0.1, 0.15) is 0 Å². The van der Waals surface area contributed by atoms with E-state index in [0.717, 1.165) is 5.69 Å². The maximum atomic E-state index is 10.6. The first kappa shape index (κ1) is 14.9. The summed E-state index contributed by atoms with van der Waals surface area (Å²) in [5.41, 5.74) is 3.48. The van der Waals surface area contributed by atoms with Crippen molar-refractivity contribution in [2.75, 3.05) is 4.72 Å². The van der Waals surface area contributed by atoms with Gasteiger partial charge in [0.25, 0.3) is 5.69 Å². The number of hydrogen-bond acceptors (Lipinski definition) is 5. The summed E-state index contributed by atoms with van der Waals surface area (Å²) >= 11 is 3.30. The number of nitro groups is 1. The van der Waals surface area contributed by atoms with Crippen molar-refractivity contribution < 1.29 is 4.92 Å². The van der Waals surface area contributed by atoms with Gasteiger partial charge in [-0.2, -0.15) is 0 Å². The van der Waals surface area contributed by atoms with Gasteiger partial charge in [-0.05, 0) is 54.9 Å². The summed E-state index contributed by atoms with van der Waals surface area (Å²) < 4.78 is 5.73. The summed E-state index contributed by atoms with van der Waals surface area (Å²) in [7, 11) is 0. The lowest BCUT2D eigenvalue weighted by atomic mass is 10.1. The second kappa shape index (κ2) is 5.98. The van der Waals surface area contributed by atoms with Gasteiger partial charge in [-0.25, -0.2) is 0 Å². The minimum absolute atomic E-state index is 0.101. The number of anilines is 1. The minimum Gasteiger partial charge on any atom is -0.325 e. The molecule has 1 N–H and O–H groups in total. The van der Waals surface area contributed by atoms with Gasteiger partial charge in [-0.3, -0.25) is 10.1 Å². The van der Waals surface area contributed by atoms with Gasteiger partial charge in [0.2, 0.25) is 0 Å². The number of aryl methyl sites for hydroxylation is 2. The Morgan fingerprint density at radius 3 is 2.55 bits per heavy atom. The van der Waals surface area contributed by atoms with E-state index in [0.29, 0.717) is 0 Å². The Bertz CT molecular complexity index is 841. The Labute approximate surface area is 136 Å². The van der Waals surface area contributed by atoms with Gasteiger partial charge in [0.05, 0.1) is 9.13 Å². The zero-order valence-electron chi connectivity index (χ0n) is 12.1. The van der Waals surface area contributed by atoms with Crippen LogP contribution >= 0.6 is 23.3 Å². The van der Waals surface area contributed by atoms with E-state index in [-0.39, 0.29) is 5.69 Å². The number of thiophene rings is 1. The molecule has 0 atom stereocenters. The Morgan fingerprint density at radius 1 is 1.14 bits per heavy atom. The number of nitrogens with zero attached hydrogens (tertiary/aromatic N) is 1. The van der Waals surface area contributed by atoms with E-state index in [2.05, 4.69) is 36.8 Å². The number of fused-ring (bicyclic) bond motifs is 1. The highest BCUT2D eigenvalue weighted by atomic mass is 32.2. The number of benzene rings is 2. The quantitative estimate of drug-likeness (QED) is 0.387. The van der Waals surface area contributed by atoms with Crippen LogP contribution in [-0.4, -0.2) is 4.92 Å². The number of non-ortho nitro benzene ring substituents is 1. The molecule has 1 heterocycles. The van der Waals surface area contributed by atoms with Crippen molar-refractivity contribution in [1.82, 2.24) is 0 Å². The van der Waals surface area contributed by atoms with Gasteiger partial charge in [0, 0.05) is 22.5 Å². The van der Waals surface area contributed by atoms with E-state index in [9.17, 15) is 10.1 Å². The van der Waals surface area contributed by atoms with E-state index in [1.54, 1.807) is 35.4 Å². The van der Waals surface area contributed by atoms with E-state index in [1.165, 1.54) is 37.6 Å². The average molecular weight is 330 g/mol. The minimum atomic E-state index is -0.393. The molecule has 0 aliphatic rings. The van der Waals surface area contributed by atoms with Crippen molar-refractivity contribution in [2.45, 2.75) is 18.1 Å². The first-order chi connectivity index (χ1) is 10.5. The third-order valence-corrected chi connectivity index (χ3v) is 5.78. The van der Waals surface area contributed by atoms with Crippen molar-refractivity contribution in [3.63, 3.8) is 0 Å². The van der Waals surface area contributed by atoms with Gasteiger partial charge in [0.15, 0.2) is 0 Å². The molecule has 0 fully saturated rings. The summed E-state index contributed by atoms with van der Waals surface area (Å²) in [4.78, 5) is 10.3. The molecular weight excluding hydrogens is 316 g/mol. The average Bonchev–Trinajstić information content (AvgIpc) is 2.82. The maximum absolute atomic E-state index is 10.6. The van der Waals surface area contributed by atoms with Gasteiger partial charge < -0.3 is 4.72 Å². The molecule has 0 unspecified atom stereocenters. The zero-order chi connectivity index (χ0) is 15.7. The Morgan fingerprint density at radius 2 is 1.86 bits per heavy atom. The second-order valence-corrected chi connectivity index (χ2v) is 7.15. The molecule has 0 amide bonds. The first-order valence-electron chi connectivity index (χ1n) is 6.71. The topological polar surface area (TPSA) is 55.2 Å². The van der Waals surface area contributed by atoms with Crippen LogP contribution in [0.1, 0.15) is 11.1 Å². The van der Waals surface area contributed by atoms with Crippen LogP contribution in [0.25, 0.3) is 10.1 Å². The van der Waals surface area contributed by atoms with Crippen LogP contribution in [0.2, 0.25) is 0 Å². The van der Waals surface area contributed by atoms with Crippen molar-refractivity contribution in [3.05, 3.63) is 63.7 Å². The van der Waals surface area contributed by atoms with Gasteiger partial charge in [-0.1, -0.05) is 17.7 Å². The summed E-state index contributed by atoms with van der Waals surface area (Å²) in [6.45, 7) is 4.22. The van der Waals surface area contributed by atoms with Crippen LogP contribution in [0.3, 0.4) is 0 Å². The van der Waals surface area contributed by atoms with Crippen LogP contribution in [0, 0.1) is 24.0 Å². The lowest BCUT2D eigenvalue weighted by molar-refractivity contribution is -0.384. The fourth-order valence-corrected chi connectivity index (χ4v) is 4.26. The molecule has 0 saturated carbocycles. The highest BCUT2D eigenvalue weighted by molar-refractivity contribution is 8.02. The Balaban J connectivity index is 1.79. The molecule has 6 heteroatoms. The Hall–Kier alpha value is -2.05. The summed E-state index contributed by atoms with van der Waals surface area (Å²) in [6.07, 6.45) is 0. The van der Waals surface area contributed by atoms with E-state index < -0.39 is 4.92 Å². The summed E-state index contributed by atoms with van der Waals surface area (Å²) in [5, 5.41) is 11.9. The lowest BCUT2D eigenvalue weighted by Crippen LogP contribution is -1.89. The molecule has 3 rings (SSSR count). The maximum Gasteiger partial charge on any atom is 0.269 e. The van der Waals surface area contributed by atoms with Crippen LogP contribution < -0.4 is 4.72 Å². The predicted molar refractivity (Wildman–Crippen MR) is 93.9 cm³/mol. The van der Waals surface area contributed by atoms with Crippen LogP contribution in [0.5, 0.6) is 0 Å². The van der Waals surface area contributed by atoms with Gasteiger partial charge in [-0.15, -0.1) is 11.3 Å². The largest absolute Gasteiger partial charge is 0.325 e. The second-order valence-electron chi connectivity index (χ2n) is 5.02. The molecule has 0 bridgehead atoms. The van der Waals surface area contributed by atoms with Crippen LogP contribution in [-0.2, 0) is 0 Å². The zero-order valence-corrected chi connectivity index (χ0v) is 13.8. The van der Waals surface area contributed by atoms with Crippen LogP contribution in [0.4, 0.5) is 11.4 Å². The van der Waals surface area contributed by atoms with Crippen LogP contribution in [0.15, 0.2) is 46.7 Å². The highest BCUT2D eigenvalue weighted by Gasteiger charge is 2.10. The smallest absolute Gasteiger partial charge is 0.269 e. The van der Waals surface area contributed by atoms with Crippen molar-refractivity contribution in [2.24, 2.45) is 0 Å². The standard InChI is InChI=1S/C16H14N2O2S2/c1-10-3-8-15-14(9-10)11(2)16(21-15)22-17-12-4-6-13(7-5-12)18(19)20/h3-9,17H,1-2H3. The molecule has 112 valence electrons. The molecular formula is C16H14N2O2S2. The molecule has 22 heavy (non-hydrogen) atoms. The van der Waals surface area contributed by atoms with E-state index in [1.807, 2.05) is 0 Å². The van der Waals surface area contributed by atoms with Crippen molar-refractivity contribution in [3.8, 4) is 0 Å². The van der Waals surface area contributed by atoms with Crippen molar-refractivity contribution >= 4 is 44.7 Å². The first-order valence-corrected chi connectivity index (χ1v) is 8.35. The molecule has 4 nitrogen and oxygen atoms in total. The number of hydrogen-bond donors (Lipinski definition) is 1. The molecule has 2 aromatic carbocycles. The normalized spacial score (nSPS) is 10.8. The molecule has 0 spiro atoms. The Kier molecular flexibility index (Phi) is 4.04. The van der Waals surface area contributed by atoms with E-state index >= 15 is 0 Å². The molecule has 0 saturated heterocycles. The highest BCUT2D eigenvalue weighted by Crippen LogP contribution is 2.38. The lowest BCUT2D eigenvalue weighted by Gasteiger charge is -2.04. The molecule has 0 radical (unpaired) electrons. The number of nitro benzene ring substituents is 1. The van der Waals surface area contributed by atoms with Gasteiger partial charge >= 0.3 is 0 Å². The number of rotatable bonds is 4. The fourth-order valence-electron chi connectivity index (χ4n) is 2.17.